The van der Waals surface area contributed by atoms with E-state index < -0.39 is 24.6 Å². The highest BCUT2D eigenvalue weighted by molar-refractivity contribution is 6.80. The van der Waals surface area contributed by atoms with Crippen molar-refractivity contribution in [1.82, 2.24) is 9.97 Å². The Hall–Kier alpha value is -3.42. The Morgan fingerprint density at radius 3 is 2.21 bits per heavy atom. The SMILES string of the molecule is Fc1ncccc1B(Oc1cccc2cccnc12)c1ccc(C(F)(F)F)cc1. The second-order valence-electron chi connectivity index (χ2n) is 6.33. The average Bonchev–Trinajstić information content (AvgIpc) is 2.72. The first-order chi connectivity index (χ1) is 13.9. The van der Waals surface area contributed by atoms with E-state index >= 15 is 0 Å². The van der Waals surface area contributed by atoms with Crippen molar-refractivity contribution in [2.45, 2.75) is 6.18 Å². The van der Waals surface area contributed by atoms with Crippen LogP contribution in [0.1, 0.15) is 5.56 Å². The molecule has 0 bridgehead atoms. The summed E-state index contributed by atoms with van der Waals surface area (Å²) in [5.74, 6) is -0.373. The van der Waals surface area contributed by atoms with Crippen molar-refractivity contribution >= 4 is 28.7 Å². The molecule has 0 unspecified atom stereocenters. The van der Waals surface area contributed by atoms with Gasteiger partial charge in [0.25, 0.3) is 0 Å². The van der Waals surface area contributed by atoms with Crippen LogP contribution in [0.4, 0.5) is 17.6 Å². The number of halogens is 4. The maximum Gasteiger partial charge on any atom is 0.431 e. The molecule has 4 rings (SSSR count). The lowest BCUT2D eigenvalue weighted by Gasteiger charge is -2.18. The minimum atomic E-state index is -4.46. The lowest BCUT2D eigenvalue weighted by molar-refractivity contribution is -0.137. The Morgan fingerprint density at radius 1 is 0.793 bits per heavy atom. The lowest BCUT2D eigenvalue weighted by Crippen LogP contribution is -2.49. The largest absolute Gasteiger partial charge is 0.550 e. The van der Waals surface area contributed by atoms with E-state index in [2.05, 4.69) is 9.97 Å². The van der Waals surface area contributed by atoms with E-state index in [1.807, 2.05) is 12.1 Å². The summed E-state index contributed by atoms with van der Waals surface area (Å²) >= 11 is 0. The third kappa shape index (κ3) is 3.92. The first-order valence-corrected chi connectivity index (χ1v) is 8.71. The molecule has 0 atom stereocenters. The molecule has 2 aromatic carbocycles. The van der Waals surface area contributed by atoms with Gasteiger partial charge in [-0.05, 0) is 23.7 Å². The van der Waals surface area contributed by atoms with Gasteiger partial charge in [-0.2, -0.15) is 17.6 Å². The summed E-state index contributed by atoms with van der Waals surface area (Å²) in [7, 11) is 0. The smallest absolute Gasteiger partial charge is 0.431 e. The summed E-state index contributed by atoms with van der Waals surface area (Å²) in [6, 6.07) is 16.4. The fourth-order valence-electron chi connectivity index (χ4n) is 3.05. The Bertz CT molecular complexity index is 1140. The third-order valence-corrected chi connectivity index (χ3v) is 4.45. The van der Waals surface area contributed by atoms with Crippen LogP contribution in [0.2, 0.25) is 0 Å². The minimum absolute atomic E-state index is 0.111. The van der Waals surface area contributed by atoms with Gasteiger partial charge in [-0.3, -0.25) is 4.98 Å². The maximum atomic E-state index is 14.4. The molecule has 8 heteroatoms. The molecule has 0 saturated carbocycles. The quantitative estimate of drug-likeness (QED) is 0.298. The van der Waals surface area contributed by atoms with Gasteiger partial charge in [0.15, 0.2) is 0 Å². The van der Waals surface area contributed by atoms with Gasteiger partial charge in [-0.25, -0.2) is 4.98 Å². The number of benzene rings is 2. The number of hydrogen-bond donors (Lipinski definition) is 0. The van der Waals surface area contributed by atoms with Crippen molar-refractivity contribution in [1.29, 1.82) is 0 Å². The Balaban J connectivity index is 1.80. The van der Waals surface area contributed by atoms with Crippen molar-refractivity contribution in [2.75, 3.05) is 0 Å². The second kappa shape index (κ2) is 7.54. The number of alkyl halides is 3. The molecule has 0 aliphatic carbocycles. The number of aromatic nitrogens is 2. The molecular formula is C21H13BF4N2O. The molecule has 144 valence electrons. The lowest BCUT2D eigenvalue weighted by atomic mass is 9.55. The first-order valence-electron chi connectivity index (χ1n) is 8.71. The summed E-state index contributed by atoms with van der Waals surface area (Å²) in [6.07, 6.45) is -1.57. The molecule has 0 spiro atoms. The van der Waals surface area contributed by atoms with Crippen LogP contribution in [0.3, 0.4) is 0 Å². The molecule has 0 radical (unpaired) electrons. The van der Waals surface area contributed by atoms with E-state index in [-0.39, 0.29) is 5.46 Å². The van der Waals surface area contributed by atoms with Gasteiger partial charge >= 0.3 is 13.1 Å². The van der Waals surface area contributed by atoms with Crippen LogP contribution in [0.15, 0.2) is 79.1 Å². The zero-order chi connectivity index (χ0) is 20.4. The molecule has 0 saturated heterocycles. The van der Waals surface area contributed by atoms with E-state index in [0.717, 1.165) is 17.5 Å². The van der Waals surface area contributed by atoms with Crippen molar-refractivity contribution in [3.8, 4) is 5.75 Å². The van der Waals surface area contributed by atoms with E-state index in [0.29, 0.717) is 16.7 Å². The highest BCUT2D eigenvalue weighted by atomic mass is 19.4. The Morgan fingerprint density at radius 2 is 1.48 bits per heavy atom. The van der Waals surface area contributed by atoms with Crippen molar-refractivity contribution < 1.29 is 22.2 Å². The van der Waals surface area contributed by atoms with Crippen LogP contribution in [0.25, 0.3) is 10.9 Å². The van der Waals surface area contributed by atoms with Crippen LogP contribution in [0.5, 0.6) is 5.75 Å². The summed E-state index contributed by atoms with van der Waals surface area (Å²) in [6.45, 7) is -1.00. The normalized spacial score (nSPS) is 11.4. The van der Waals surface area contributed by atoms with Gasteiger partial charge < -0.3 is 4.65 Å². The number of hydrogen-bond acceptors (Lipinski definition) is 3. The number of nitrogens with zero attached hydrogens (tertiary/aromatic N) is 2. The van der Waals surface area contributed by atoms with Crippen molar-refractivity contribution in [3.63, 3.8) is 0 Å². The number of fused-ring (bicyclic) bond motifs is 1. The van der Waals surface area contributed by atoms with Crippen LogP contribution in [0, 0.1) is 5.95 Å². The van der Waals surface area contributed by atoms with Crippen molar-refractivity contribution in [2.24, 2.45) is 0 Å². The monoisotopic (exact) mass is 396 g/mol. The molecule has 0 aliphatic rings. The van der Waals surface area contributed by atoms with E-state index in [9.17, 15) is 17.6 Å². The summed E-state index contributed by atoms with van der Waals surface area (Å²) in [5, 5.41) is 0.822. The summed E-state index contributed by atoms with van der Waals surface area (Å²) in [4.78, 5) is 7.95. The van der Waals surface area contributed by atoms with Crippen LogP contribution >= 0.6 is 0 Å². The van der Waals surface area contributed by atoms with Gasteiger partial charge in [0.2, 0.25) is 5.95 Å². The molecule has 29 heavy (non-hydrogen) atoms. The molecule has 3 nitrogen and oxygen atoms in total. The summed E-state index contributed by atoms with van der Waals surface area (Å²) < 4.78 is 59.3. The number of para-hydroxylation sites is 1. The van der Waals surface area contributed by atoms with E-state index in [1.165, 1.54) is 24.4 Å². The highest BCUT2D eigenvalue weighted by Gasteiger charge is 2.32. The summed E-state index contributed by atoms with van der Waals surface area (Å²) in [5.41, 5.74) is 0.243. The van der Waals surface area contributed by atoms with Gasteiger partial charge in [0.1, 0.15) is 11.3 Å². The zero-order valence-corrected chi connectivity index (χ0v) is 14.9. The molecule has 0 amide bonds. The average molecular weight is 396 g/mol. The Labute approximate surface area is 164 Å². The molecule has 4 aromatic rings. The van der Waals surface area contributed by atoms with Crippen LogP contribution in [-0.2, 0) is 6.18 Å². The Kier molecular flexibility index (Phi) is 4.92. The van der Waals surface area contributed by atoms with E-state index in [1.54, 1.807) is 30.5 Å². The molecule has 0 fully saturated rings. The highest BCUT2D eigenvalue weighted by Crippen LogP contribution is 2.28. The van der Waals surface area contributed by atoms with Crippen LogP contribution < -0.4 is 15.6 Å². The predicted molar refractivity (Wildman–Crippen MR) is 103 cm³/mol. The fourth-order valence-corrected chi connectivity index (χ4v) is 3.05. The fraction of sp³-hybridized carbons (Fsp3) is 0.0476. The molecule has 0 aliphatic heterocycles. The zero-order valence-electron chi connectivity index (χ0n) is 14.9. The van der Waals surface area contributed by atoms with Crippen molar-refractivity contribution in [3.05, 3.63) is 90.6 Å². The topological polar surface area (TPSA) is 35.0 Å². The van der Waals surface area contributed by atoms with Crippen LogP contribution in [-0.4, -0.2) is 16.9 Å². The van der Waals surface area contributed by atoms with Gasteiger partial charge in [-0.1, -0.05) is 48.5 Å². The predicted octanol–water partition coefficient (Wildman–Crippen LogP) is 3.97. The molecule has 2 aromatic heterocycles. The number of rotatable bonds is 4. The standard InChI is InChI=1S/C21H13BF4N2O/c23-20-17(6-3-13-28-20)22(16-10-8-15(9-11-16)21(24,25)26)29-18-7-1-4-14-5-2-12-27-19(14)18/h1-13H. The third-order valence-electron chi connectivity index (χ3n) is 4.45. The second-order valence-corrected chi connectivity index (χ2v) is 6.33. The minimum Gasteiger partial charge on any atom is -0.550 e. The maximum absolute atomic E-state index is 14.4. The first kappa shape index (κ1) is 18.9. The van der Waals surface area contributed by atoms with Gasteiger partial charge in [0, 0.05) is 23.2 Å². The number of pyridine rings is 2. The molecule has 0 N–H and O–H groups in total. The molecular weight excluding hydrogens is 383 g/mol. The van der Waals surface area contributed by atoms with Gasteiger partial charge in [-0.15, -0.1) is 0 Å². The van der Waals surface area contributed by atoms with Gasteiger partial charge in [0.05, 0.1) is 5.56 Å². The van der Waals surface area contributed by atoms with E-state index in [4.69, 9.17) is 4.65 Å². The molecule has 2 heterocycles.